The van der Waals surface area contributed by atoms with E-state index < -0.39 is 0 Å². The van der Waals surface area contributed by atoms with Crippen molar-refractivity contribution in [1.82, 2.24) is 9.97 Å². The fourth-order valence-corrected chi connectivity index (χ4v) is 18.0. The highest BCUT2D eigenvalue weighted by atomic mass is 15.2. The van der Waals surface area contributed by atoms with E-state index in [0.717, 1.165) is 173 Å². The summed E-state index contributed by atoms with van der Waals surface area (Å²) in [6.45, 7) is -0.286. The van der Waals surface area contributed by atoms with E-state index in [1.54, 1.807) is 0 Å². The smallest absolute Gasteiger partial charge is 0.252 e. The summed E-state index contributed by atoms with van der Waals surface area (Å²) in [5.74, 6) is 0.601. The minimum absolute atomic E-state index is 0.286. The van der Waals surface area contributed by atoms with Crippen LogP contribution in [0.2, 0.25) is 0 Å². The number of aromatic nitrogens is 2. The average molecular weight is 1460 g/mol. The third-order valence-corrected chi connectivity index (χ3v) is 23.4. The summed E-state index contributed by atoms with van der Waals surface area (Å²) in [6, 6.07) is 159. The SMILES string of the molecule is c1ccc(-c2cc(-c3ccccc3)cc(-c3cc(-c4cc5c6c(c4)N(c4cc(-c7ccccc7)cc(-c7ccccc7)c4)c4c(ccc7cc8ccccc8cc47)B6c4ccc6cc7ccccc7cc6c4N5c4cc(-c5ccccc5)cc(-c5ccccc5)c4)nc(-c4cc(-c5ccccc5)cc(-c5ccccc5)c4)n3)c2)cc1. The van der Waals surface area contributed by atoms with Crippen LogP contribution in [0.15, 0.2) is 431 Å². The first-order valence-electron chi connectivity index (χ1n) is 39.6. The van der Waals surface area contributed by atoms with E-state index in [-0.39, 0.29) is 6.71 Å². The molecule has 0 fully saturated rings. The van der Waals surface area contributed by atoms with Gasteiger partial charge in [0.15, 0.2) is 5.82 Å². The fraction of sp³-hybridized carbons (Fsp3) is 0. The molecule has 0 atom stereocenters. The summed E-state index contributed by atoms with van der Waals surface area (Å²) in [5.41, 5.74) is 32.0. The van der Waals surface area contributed by atoms with Crippen LogP contribution in [0.3, 0.4) is 0 Å². The number of rotatable bonds is 13. The zero-order valence-corrected chi connectivity index (χ0v) is 62.9. The fourth-order valence-electron chi connectivity index (χ4n) is 18.0. The van der Waals surface area contributed by atoms with Crippen LogP contribution in [0.1, 0.15) is 0 Å². The van der Waals surface area contributed by atoms with Crippen LogP contribution in [-0.2, 0) is 0 Å². The lowest BCUT2D eigenvalue weighted by Gasteiger charge is -2.45. The van der Waals surface area contributed by atoms with Gasteiger partial charge in [0.1, 0.15) is 0 Å². The van der Waals surface area contributed by atoms with Crippen LogP contribution in [0, 0.1) is 0 Å². The topological polar surface area (TPSA) is 32.3 Å². The minimum Gasteiger partial charge on any atom is -0.311 e. The van der Waals surface area contributed by atoms with Gasteiger partial charge in [0.2, 0.25) is 0 Å². The Balaban J connectivity index is 0.910. The van der Waals surface area contributed by atoms with Crippen molar-refractivity contribution in [3.63, 3.8) is 0 Å². The molecular formula is C110H71BN4. The average Bonchev–Trinajstić information content (AvgIpc) is 0.682. The van der Waals surface area contributed by atoms with E-state index in [1.807, 2.05) is 0 Å². The molecule has 2 aliphatic heterocycles. The molecule has 0 N–H and O–H groups in total. The van der Waals surface area contributed by atoms with Gasteiger partial charge in [-0.25, -0.2) is 9.97 Å². The molecule has 5 heteroatoms. The molecule has 22 rings (SSSR count). The Morgan fingerprint density at radius 1 is 0.183 bits per heavy atom. The number of hydrogen-bond donors (Lipinski definition) is 0. The van der Waals surface area contributed by atoms with Gasteiger partial charge in [-0.05, 0) is 253 Å². The molecule has 0 saturated carbocycles. The summed E-state index contributed by atoms with van der Waals surface area (Å²) in [4.78, 5) is 17.3. The van der Waals surface area contributed by atoms with Gasteiger partial charge in [-0.15, -0.1) is 0 Å². The van der Waals surface area contributed by atoms with Crippen molar-refractivity contribution < 1.29 is 0 Å². The number of hydrogen-bond acceptors (Lipinski definition) is 4. The van der Waals surface area contributed by atoms with Crippen molar-refractivity contribution >= 4 is 100 Å². The standard InChI is InChI=1S/C110H71BN4/c1-9-29-72(30-10-1)86-55-87(73-31-11-2-12-32-73)60-94(59-86)103-71-104(113-110(112-103)96-61-88(74-33-13-3-14-34-74)56-89(62-96)75-35-15-4-16-36-75)95-69-105-107-106(70-95)115(98-65-92(78-41-21-7-22-42-78)58-93(66-98)79-43-23-8-24-44-79)109-100-68-83-48-28-26-46-81(83)54-85(100)50-52-102(109)111(107)101-51-49-84-53-80-45-25-27-47-82(80)67-99(84)108(101)114(105)97-63-90(76-37-17-5-18-38-76)57-91(64-97)77-39-19-6-20-40-77/h1-71H. The van der Waals surface area contributed by atoms with Gasteiger partial charge in [-0.1, -0.05) is 315 Å². The number of fused-ring (bicyclic) bond motifs is 10. The lowest BCUT2D eigenvalue weighted by atomic mass is 9.33. The predicted octanol–water partition coefficient (Wildman–Crippen LogP) is 27.5. The quantitative estimate of drug-likeness (QED) is 0.0851. The van der Waals surface area contributed by atoms with E-state index in [9.17, 15) is 0 Å². The lowest BCUT2D eigenvalue weighted by Crippen LogP contribution is -2.61. The highest BCUT2D eigenvalue weighted by Gasteiger charge is 2.45. The van der Waals surface area contributed by atoms with Crippen molar-refractivity contribution in [2.24, 2.45) is 0 Å². The molecule has 0 unspecified atom stereocenters. The summed E-state index contributed by atoms with van der Waals surface area (Å²) in [7, 11) is 0. The van der Waals surface area contributed by atoms with Crippen LogP contribution in [0.25, 0.3) is 166 Å². The normalized spacial score (nSPS) is 12.1. The van der Waals surface area contributed by atoms with Crippen molar-refractivity contribution in [3.05, 3.63) is 431 Å². The highest BCUT2D eigenvalue weighted by Crippen LogP contribution is 2.53. The second-order valence-electron chi connectivity index (χ2n) is 30.4. The Morgan fingerprint density at radius 3 is 0.739 bits per heavy atom. The molecule has 0 spiro atoms. The lowest BCUT2D eigenvalue weighted by molar-refractivity contribution is 1.18. The van der Waals surface area contributed by atoms with Crippen molar-refractivity contribution in [2.75, 3.05) is 9.80 Å². The van der Waals surface area contributed by atoms with Crippen LogP contribution in [-0.4, -0.2) is 16.7 Å². The van der Waals surface area contributed by atoms with Crippen LogP contribution >= 0.6 is 0 Å². The van der Waals surface area contributed by atoms with Gasteiger partial charge in [0.25, 0.3) is 6.71 Å². The number of nitrogens with zero attached hydrogens (tertiary/aromatic N) is 4. The van der Waals surface area contributed by atoms with Gasteiger partial charge in [-0.3, -0.25) is 0 Å². The van der Waals surface area contributed by atoms with Gasteiger partial charge < -0.3 is 9.80 Å². The summed E-state index contributed by atoms with van der Waals surface area (Å²) in [6.07, 6.45) is 0. The van der Waals surface area contributed by atoms with E-state index in [2.05, 4.69) is 441 Å². The van der Waals surface area contributed by atoms with Gasteiger partial charge >= 0.3 is 0 Å². The van der Waals surface area contributed by atoms with Crippen molar-refractivity contribution in [2.45, 2.75) is 0 Å². The monoisotopic (exact) mass is 1460 g/mol. The van der Waals surface area contributed by atoms with E-state index in [1.165, 1.54) is 37.9 Å². The number of benzene rings is 19. The zero-order valence-electron chi connectivity index (χ0n) is 62.9. The van der Waals surface area contributed by atoms with Gasteiger partial charge in [0, 0.05) is 61.6 Å². The van der Waals surface area contributed by atoms with Gasteiger partial charge in [0.05, 0.1) is 11.4 Å². The second-order valence-corrected chi connectivity index (χ2v) is 30.4. The Hall–Kier alpha value is -15.0. The van der Waals surface area contributed by atoms with E-state index in [0.29, 0.717) is 5.82 Å². The molecule has 3 heterocycles. The Labute approximate surface area is 669 Å². The molecule has 0 saturated heterocycles. The molecule has 0 amide bonds. The Bertz CT molecular complexity index is 6530. The van der Waals surface area contributed by atoms with Crippen LogP contribution in [0.4, 0.5) is 34.1 Å². The summed E-state index contributed by atoms with van der Waals surface area (Å²) in [5, 5.41) is 9.36. The summed E-state index contributed by atoms with van der Waals surface area (Å²) < 4.78 is 0. The van der Waals surface area contributed by atoms with E-state index >= 15 is 0 Å². The molecular weight excluding hydrogens is 1390 g/mol. The third kappa shape index (κ3) is 12.1. The number of anilines is 6. The van der Waals surface area contributed by atoms with E-state index in [4.69, 9.17) is 9.97 Å². The van der Waals surface area contributed by atoms with Crippen molar-refractivity contribution in [3.8, 4) is 123 Å². The van der Waals surface area contributed by atoms with Crippen LogP contribution < -0.4 is 26.2 Å². The molecule has 2 aliphatic rings. The molecule has 0 aliphatic carbocycles. The predicted molar refractivity (Wildman–Crippen MR) is 486 cm³/mol. The Morgan fingerprint density at radius 2 is 0.435 bits per heavy atom. The maximum atomic E-state index is 6.11. The van der Waals surface area contributed by atoms with Gasteiger partial charge in [-0.2, -0.15) is 0 Å². The van der Waals surface area contributed by atoms with Crippen molar-refractivity contribution in [1.29, 1.82) is 0 Å². The largest absolute Gasteiger partial charge is 0.311 e. The maximum absolute atomic E-state index is 6.11. The molecule has 4 nitrogen and oxygen atoms in total. The molecule has 1 aromatic heterocycles. The molecule has 19 aromatic carbocycles. The molecule has 0 radical (unpaired) electrons. The second kappa shape index (κ2) is 28.1. The molecule has 20 aromatic rings. The third-order valence-electron chi connectivity index (χ3n) is 23.4. The first-order chi connectivity index (χ1) is 56.9. The maximum Gasteiger partial charge on any atom is 0.252 e. The first-order valence-corrected chi connectivity index (χ1v) is 39.6. The zero-order chi connectivity index (χ0) is 75.9. The Kier molecular flexibility index (Phi) is 16.3. The van der Waals surface area contributed by atoms with Crippen LogP contribution in [0.5, 0.6) is 0 Å². The molecule has 0 bridgehead atoms. The molecule has 534 valence electrons. The highest BCUT2D eigenvalue weighted by molar-refractivity contribution is 7.01. The summed E-state index contributed by atoms with van der Waals surface area (Å²) >= 11 is 0. The minimum atomic E-state index is -0.286. The molecule has 115 heavy (non-hydrogen) atoms. The first kappa shape index (κ1) is 66.9.